The Kier molecular flexibility index (Phi) is 1.40. The summed E-state index contributed by atoms with van der Waals surface area (Å²) in [5.41, 5.74) is 4.13. The molecule has 62 valence electrons. The molecule has 0 atom stereocenters. The van der Waals surface area contributed by atoms with E-state index in [0.29, 0.717) is 0 Å². The summed E-state index contributed by atoms with van der Waals surface area (Å²) >= 11 is 0. The van der Waals surface area contributed by atoms with E-state index in [1.165, 1.54) is 5.39 Å². The summed E-state index contributed by atoms with van der Waals surface area (Å²) in [4.78, 5) is 4.33. The van der Waals surface area contributed by atoms with E-state index >= 15 is 0 Å². The first-order valence-corrected chi connectivity index (χ1v) is 3.97. The van der Waals surface area contributed by atoms with Crippen molar-refractivity contribution >= 4 is 10.9 Å². The number of pyridine rings is 1. The molecule has 0 aromatic carbocycles. The number of fused-ring (bicyclic) bond motifs is 1. The van der Waals surface area contributed by atoms with Gasteiger partial charge in [-0.15, -0.1) is 0 Å². The number of aromatic nitrogens is 3. The normalized spacial score (nSPS) is 10.9. The Morgan fingerprint density at radius 2 is 2.00 bits per heavy atom. The van der Waals surface area contributed by atoms with E-state index in [1.54, 1.807) is 0 Å². The van der Waals surface area contributed by atoms with E-state index in [4.69, 9.17) is 0 Å². The summed E-state index contributed by atoms with van der Waals surface area (Å²) in [6, 6.07) is 2.06. The Bertz CT molecular complexity index is 429. The number of nitrogens with zero attached hydrogens (tertiary/aromatic N) is 2. The number of aromatic amines is 1. The number of hydrogen-bond acceptors (Lipinski definition) is 2. The maximum atomic E-state index is 4.33. The molecule has 12 heavy (non-hydrogen) atoms. The van der Waals surface area contributed by atoms with Crippen LogP contribution in [-0.4, -0.2) is 15.2 Å². The first kappa shape index (κ1) is 7.28. The van der Waals surface area contributed by atoms with Crippen LogP contribution in [-0.2, 0) is 0 Å². The van der Waals surface area contributed by atoms with Crippen molar-refractivity contribution < 1.29 is 0 Å². The van der Waals surface area contributed by atoms with Crippen molar-refractivity contribution in [3.8, 4) is 0 Å². The first-order chi connectivity index (χ1) is 5.68. The maximum Gasteiger partial charge on any atom is 0.114 e. The molecule has 0 aliphatic heterocycles. The molecule has 0 aliphatic carbocycles. The number of H-pyrrole nitrogens is 1. The lowest BCUT2D eigenvalue weighted by molar-refractivity contribution is 1.06. The third-order valence-corrected chi connectivity index (χ3v) is 2.03. The predicted octanol–water partition coefficient (Wildman–Crippen LogP) is 1.88. The van der Waals surface area contributed by atoms with Gasteiger partial charge in [0, 0.05) is 16.8 Å². The molecular weight excluding hydrogens is 150 g/mol. The van der Waals surface area contributed by atoms with Crippen LogP contribution in [0.5, 0.6) is 0 Å². The van der Waals surface area contributed by atoms with E-state index in [0.717, 1.165) is 22.6 Å². The van der Waals surface area contributed by atoms with Crippen LogP contribution in [0.15, 0.2) is 6.07 Å². The van der Waals surface area contributed by atoms with Gasteiger partial charge in [0.25, 0.3) is 0 Å². The Labute approximate surface area is 70.8 Å². The molecule has 2 rings (SSSR count). The van der Waals surface area contributed by atoms with Gasteiger partial charge in [-0.3, -0.25) is 10.1 Å². The molecule has 0 radical (unpaired) electrons. The van der Waals surface area contributed by atoms with Crippen molar-refractivity contribution in [2.24, 2.45) is 0 Å². The van der Waals surface area contributed by atoms with E-state index in [-0.39, 0.29) is 0 Å². The monoisotopic (exact) mass is 161 g/mol. The van der Waals surface area contributed by atoms with E-state index in [1.807, 2.05) is 20.8 Å². The summed E-state index contributed by atoms with van der Waals surface area (Å²) in [5, 5.41) is 8.31. The predicted molar refractivity (Wildman–Crippen MR) is 48.1 cm³/mol. The first-order valence-electron chi connectivity index (χ1n) is 3.97. The zero-order valence-electron chi connectivity index (χ0n) is 7.47. The van der Waals surface area contributed by atoms with Crippen LogP contribution in [0.4, 0.5) is 0 Å². The zero-order valence-corrected chi connectivity index (χ0v) is 7.47. The van der Waals surface area contributed by atoms with Crippen LogP contribution < -0.4 is 0 Å². The van der Waals surface area contributed by atoms with Crippen LogP contribution in [0.1, 0.15) is 17.1 Å². The van der Waals surface area contributed by atoms with Gasteiger partial charge in [-0.1, -0.05) is 0 Å². The minimum Gasteiger partial charge on any atom is -0.282 e. The number of rotatable bonds is 0. The summed E-state index contributed by atoms with van der Waals surface area (Å²) in [7, 11) is 0. The molecular formula is C9H11N3. The van der Waals surface area contributed by atoms with Crippen LogP contribution in [0.25, 0.3) is 10.9 Å². The van der Waals surface area contributed by atoms with Crippen molar-refractivity contribution in [3.05, 3.63) is 23.1 Å². The van der Waals surface area contributed by atoms with Crippen molar-refractivity contribution in [1.29, 1.82) is 0 Å². The molecule has 0 saturated heterocycles. The summed E-state index contributed by atoms with van der Waals surface area (Å²) < 4.78 is 0. The molecule has 0 fully saturated rings. The van der Waals surface area contributed by atoms with E-state index in [2.05, 4.69) is 21.2 Å². The van der Waals surface area contributed by atoms with Gasteiger partial charge < -0.3 is 0 Å². The highest BCUT2D eigenvalue weighted by Gasteiger charge is 2.04. The summed E-state index contributed by atoms with van der Waals surface area (Å²) in [6.07, 6.45) is 0. The molecule has 0 saturated carbocycles. The lowest BCUT2D eigenvalue weighted by Gasteiger charge is -1.96. The smallest absolute Gasteiger partial charge is 0.114 e. The molecule has 1 N–H and O–H groups in total. The quantitative estimate of drug-likeness (QED) is 0.641. The number of aryl methyl sites for hydroxylation is 3. The summed E-state index contributed by atoms with van der Waals surface area (Å²) in [6.45, 7) is 6.00. The minimum atomic E-state index is 0.984. The van der Waals surface area contributed by atoms with Crippen LogP contribution in [0, 0.1) is 20.8 Å². The molecule has 0 aliphatic rings. The van der Waals surface area contributed by atoms with Gasteiger partial charge in [0.2, 0.25) is 0 Å². The molecule has 2 heterocycles. The SMILES string of the molecule is Cc1cc2c(C)[nH]nc2c(C)n1. The fourth-order valence-electron chi connectivity index (χ4n) is 1.45. The third kappa shape index (κ3) is 0.897. The second-order valence-electron chi connectivity index (χ2n) is 3.09. The standard InChI is InChI=1S/C9H11N3/c1-5-4-8-6(2)11-12-9(8)7(3)10-5/h4H,1-3H3,(H,11,12). The maximum absolute atomic E-state index is 4.33. The van der Waals surface area contributed by atoms with Gasteiger partial charge in [0.05, 0.1) is 5.69 Å². The molecule has 0 unspecified atom stereocenters. The van der Waals surface area contributed by atoms with Gasteiger partial charge in [-0.2, -0.15) is 5.10 Å². The van der Waals surface area contributed by atoms with Crippen molar-refractivity contribution in [3.63, 3.8) is 0 Å². The highest BCUT2D eigenvalue weighted by atomic mass is 15.1. The highest BCUT2D eigenvalue weighted by Crippen LogP contribution is 2.17. The molecule has 2 aromatic rings. The zero-order chi connectivity index (χ0) is 8.72. The Hall–Kier alpha value is -1.38. The fourth-order valence-corrected chi connectivity index (χ4v) is 1.45. The van der Waals surface area contributed by atoms with Crippen LogP contribution in [0.3, 0.4) is 0 Å². The van der Waals surface area contributed by atoms with Gasteiger partial charge in [0.1, 0.15) is 5.52 Å². The van der Waals surface area contributed by atoms with E-state index < -0.39 is 0 Å². The topological polar surface area (TPSA) is 41.6 Å². The Morgan fingerprint density at radius 1 is 1.25 bits per heavy atom. The largest absolute Gasteiger partial charge is 0.282 e. The molecule has 0 amide bonds. The van der Waals surface area contributed by atoms with Gasteiger partial charge in [-0.25, -0.2) is 0 Å². The molecule has 0 bridgehead atoms. The molecule has 0 spiro atoms. The highest BCUT2D eigenvalue weighted by molar-refractivity contribution is 5.83. The second kappa shape index (κ2) is 2.30. The van der Waals surface area contributed by atoms with Gasteiger partial charge in [-0.05, 0) is 26.8 Å². The molecule has 3 heteroatoms. The van der Waals surface area contributed by atoms with Crippen LogP contribution >= 0.6 is 0 Å². The van der Waals surface area contributed by atoms with Crippen molar-refractivity contribution in [2.75, 3.05) is 0 Å². The third-order valence-electron chi connectivity index (χ3n) is 2.03. The Morgan fingerprint density at radius 3 is 2.75 bits per heavy atom. The van der Waals surface area contributed by atoms with Crippen LogP contribution in [0.2, 0.25) is 0 Å². The Balaban J connectivity index is 2.92. The number of hydrogen-bond donors (Lipinski definition) is 1. The molecule has 2 aromatic heterocycles. The molecule has 3 nitrogen and oxygen atoms in total. The lowest BCUT2D eigenvalue weighted by Crippen LogP contribution is -1.86. The number of nitrogens with one attached hydrogen (secondary N) is 1. The lowest BCUT2D eigenvalue weighted by atomic mass is 10.2. The average molecular weight is 161 g/mol. The summed E-state index contributed by atoms with van der Waals surface area (Å²) in [5.74, 6) is 0. The van der Waals surface area contributed by atoms with E-state index in [9.17, 15) is 0 Å². The van der Waals surface area contributed by atoms with Gasteiger partial charge in [0.15, 0.2) is 0 Å². The van der Waals surface area contributed by atoms with Gasteiger partial charge >= 0.3 is 0 Å². The second-order valence-corrected chi connectivity index (χ2v) is 3.09. The average Bonchev–Trinajstić information content (AvgIpc) is 2.33. The fraction of sp³-hybridized carbons (Fsp3) is 0.333. The van der Waals surface area contributed by atoms with Crippen molar-refractivity contribution in [2.45, 2.75) is 20.8 Å². The minimum absolute atomic E-state index is 0.984. The van der Waals surface area contributed by atoms with Crippen molar-refractivity contribution in [1.82, 2.24) is 15.2 Å².